The molecule has 152 valence electrons. The highest BCUT2D eigenvalue weighted by Crippen LogP contribution is 2.72. The van der Waals surface area contributed by atoms with E-state index in [1.165, 1.54) is 0 Å². The maximum absolute atomic E-state index is 12.5. The summed E-state index contributed by atoms with van der Waals surface area (Å²) in [5, 5.41) is 41.9. The largest absolute Gasteiger partial charge is 0.393 e. The fraction of sp³-hybridized carbons (Fsp3) is 0.952. The monoisotopic (exact) mass is 380 g/mol. The highest BCUT2D eigenvalue weighted by Gasteiger charge is 2.76. The smallest absolute Gasteiger partial charge is 0.190 e. The number of ether oxygens (including phenoxy) is 1. The second-order valence-electron chi connectivity index (χ2n) is 10.3. The van der Waals surface area contributed by atoms with Gasteiger partial charge in [-0.25, -0.2) is 0 Å². The van der Waals surface area contributed by atoms with E-state index < -0.39 is 29.7 Å². The van der Waals surface area contributed by atoms with Gasteiger partial charge in [0.05, 0.1) is 17.6 Å². The molecule has 0 aromatic rings. The van der Waals surface area contributed by atoms with Crippen molar-refractivity contribution in [3.05, 3.63) is 0 Å². The molecule has 4 N–H and O–H groups in total. The zero-order chi connectivity index (χ0) is 19.2. The van der Waals surface area contributed by atoms with Crippen LogP contribution in [-0.4, -0.2) is 56.9 Å². The van der Waals surface area contributed by atoms with Crippen molar-refractivity contribution in [1.29, 1.82) is 0 Å². The van der Waals surface area contributed by atoms with Crippen LogP contribution in [0.2, 0.25) is 0 Å². The average molecular weight is 380 g/mol. The standard InChI is InChI=1S/C21H32O6/c1-19-6-4-12(23)8-11(19)2-3-13-14-5-7-21(26,16(24)10-22)20(14)9-15(17(13)19)27-18(20)25/h11-15,17-18,22-23,25-26H,2-10H2,1H3/t11-,12-,13+,14+,15+,17-,18?,19+,20+,21+/m1/s1. The molecule has 27 heavy (non-hydrogen) atoms. The lowest BCUT2D eigenvalue weighted by Crippen LogP contribution is -2.63. The Balaban J connectivity index is 1.56. The highest BCUT2D eigenvalue weighted by molar-refractivity contribution is 5.89. The molecule has 2 bridgehead atoms. The van der Waals surface area contributed by atoms with Gasteiger partial charge >= 0.3 is 0 Å². The van der Waals surface area contributed by atoms with Crippen molar-refractivity contribution in [2.75, 3.05) is 6.61 Å². The molecular weight excluding hydrogens is 348 g/mol. The molecule has 0 radical (unpaired) electrons. The minimum Gasteiger partial charge on any atom is -0.393 e. The summed E-state index contributed by atoms with van der Waals surface area (Å²) in [7, 11) is 0. The van der Waals surface area contributed by atoms with Gasteiger partial charge in [-0.3, -0.25) is 4.79 Å². The second-order valence-corrected chi connectivity index (χ2v) is 10.3. The first-order valence-electron chi connectivity index (χ1n) is 10.7. The molecular formula is C21H32O6. The van der Waals surface area contributed by atoms with Gasteiger partial charge in [0.1, 0.15) is 12.2 Å². The topological polar surface area (TPSA) is 107 Å². The number of hydrogen-bond donors (Lipinski definition) is 4. The van der Waals surface area contributed by atoms with Crippen LogP contribution >= 0.6 is 0 Å². The molecule has 1 heterocycles. The normalized spacial score (nSPS) is 59.1. The fourth-order valence-corrected chi connectivity index (χ4v) is 8.47. The Kier molecular flexibility index (Phi) is 3.94. The van der Waals surface area contributed by atoms with Crippen LogP contribution in [0, 0.1) is 34.5 Å². The molecule has 5 aliphatic rings. The van der Waals surface area contributed by atoms with Crippen LogP contribution in [-0.2, 0) is 9.53 Å². The SMILES string of the molecule is C[C@]12CC[C@@H](O)C[C@H]1CC[C@@H]1[C@@H]2[C@@H]2C[C@@]3(C(O)O2)[C@H]1CC[C@]3(O)C(=O)CO. The Labute approximate surface area is 159 Å². The number of ketones is 1. The van der Waals surface area contributed by atoms with Crippen LogP contribution in [0.25, 0.3) is 0 Å². The van der Waals surface area contributed by atoms with Crippen molar-refractivity contribution in [1.82, 2.24) is 0 Å². The lowest BCUT2D eigenvalue weighted by atomic mass is 9.44. The molecule has 5 rings (SSSR count). The van der Waals surface area contributed by atoms with E-state index in [-0.39, 0.29) is 23.5 Å². The zero-order valence-corrected chi connectivity index (χ0v) is 16.0. The number of carbonyl (C=O) groups excluding carboxylic acids is 1. The maximum Gasteiger partial charge on any atom is 0.190 e. The molecule has 1 aliphatic heterocycles. The molecule has 0 aromatic heterocycles. The Bertz CT molecular complexity index is 653. The average Bonchev–Trinajstić information content (AvgIpc) is 3.11. The first-order chi connectivity index (χ1) is 12.8. The molecule has 1 saturated heterocycles. The maximum atomic E-state index is 12.5. The third-order valence-electron chi connectivity index (χ3n) is 9.63. The summed E-state index contributed by atoms with van der Waals surface area (Å²) in [6, 6.07) is 0. The predicted octanol–water partition coefficient (Wildman–Crippen LogP) is 0.990. The van der Waals surface area contributed by atoms with E-state index in [0.717, 1.165) is 32.1 Å². The number of fused-ring (bicyclic) bond motifs is 6. The summed E-state index contributed by atoms with van der Waals surface area (Å²) in [4.78, 5) is 12.5. The van der Waals surface area contributed by atoms with Crippen molar-refractivity contribution in [2.24, 2.45) is 34.5 Å². The first-order valence-corrected chi connectivity index (χ1v) is 10.7. The van der Waals surface area contributed by atoms with Crippen molar-refractivity contribution in [2.45, 2.75) is 82.4 Å². The predicted molar refractivity (Wildman–Crippen MR) is 95.4 cm³/mol. The third kappa shape index (κ3) is 2.06. The molecule has 6 nitrogen and oxygen atoms in total. The van der Waals surface area contributed by atoms with Crippen molar-refractivity contribution in [3.8, 4) is 0 Å². The van der Waals surface area contributed by atoms with E-state index in [1.807, 2.05) is 0 Å². The number of aliphatic hydroxyl groups is 4. The van der Waals surface area contributed by atoms with Crippen LogP contribution in [0.1, 0.15) is 58.3 Å². The number of aliphatic hydroxyl groups excluding tert-OH is 3. The van der Waals surface area contributed by atoms with Crippen LogP contribution < -0.4 is 0 Å². The summed E-state index contributed by atoms with van der Waals surface area (Å²) < 4.78 is 6.09. The highest BCUT2D eigenvalue weighted by atomic mass is 16.6. The van der Waals surface area contributed by atoms with Gasteiger partial charge in [-0.15, -0.1) is 0 Å². The van der Waals surface area contributed by atoms with Crippen LogP contribution in [0.15, 0.2) is 0 Å². The first kappa shape index (κ1) is 18.5. The lowest BCUT2D eigenvalue weighted by Gasteiger charge is -2.60. The minimum absolute atomic E-state index is 0.0429. The summed E-state index contributed by atoms with van der Waals surface area (Å²) in [6.07, 6.45) is 4.63. The van der Waals surface area contributed by atoms with Gasteiger partial charge in [0.15, 0.2) is 12.1 Å². The summed E-state index contributed by atoms with van der Waals surface area (Å²) >= 11 is 0. The number of rotatable bonds is 2. The Morgan fingerprint density at radius 3 is 2.67 bits per heavy atom. The van der Waals surface area contributed by atoms with E-state index in [4.69, 9.17) is 4.74 Å². The Morgan fingerprint density at radius 1 is 1.15 bits per heavy atom. The molecule has 1 unspecified atom stereocenters. The molecule has 5 fully saturated rings. The summed E-state index contributed by atoms with van der Waals surface area (Å²) in [5.74, 6) is 0.549. The van der Waals surface area contributed by atoms with Gasteiger partial charge < -0.3 is 25.2 Å². The molecule has 1 spiro atoms. The Morgan fingerprint density at radius 2 is 1.93 bits per heavy atom. The van der Waals surface area contributed by atoms with Crippen molar-refractivity contribution < 1.29 is 30.0 Å². The minimum atomic E-state index is -1.69. The van der Waals surface area contributed by atoms with Gasteiger partial charge in [-0.1, -0.05) is 6.92 Å². The molecule has 0 aromatic carbocycles. The quantitative estimate of drug-likeness (QED) is 0.569. The van der Waals surface area contributed by atoms with E-state index in [0.29, 0.717) is 37.0 Å². The van der Waals surface area contributed by atoms with Crippen LogP contribution in [0.3, 0.4) is 0 Å². The number of hydrogen-bond acceptors (Lipinski definition) is 6. The van der Waals surface area contributed by atoms with Gasteiger partial charge in [-0.2, -0.15) is 0 Å². The van der Waals surface area contributed by atoms with Crippen LogP contribution in [0.5, 0.6) is 0 Å². The Hall–Kier alpha value is -0.530. The van der Waals surface area contributed by atoms with Crippen LogP contribution in [0.4, 0.5) is 0 Å². The molecule has 4 aliphatic carbocycles. The number of carbonyl (C=O) groups is 1. The van der Waals surface area contributed by atoms with E-state index >= 15 is 0 Å². The van der Waals surface area contributed by atoms with Gasteiger partial charge in [0.25, 0.3) is 0 Å². The summed E-state index contributed by atoms with van der Waals surface area (Å²) in [6.45, 7) is 1.63. The molecule has 10 atom stereocenters. The van der Waals surface area contributed by atoms with E-state index in [2.05, 4.69) is 6.92 Å². The van der Waals surface area contributed by atoms with E-state index in [1.54, 1.807) is 0 Å². The zero-order valence-electron chi connectivity index (χ0n) is 16.0. The van der Waals surface area contributed by atoms with Crippen molar-refractivity contribution >= 4 is 5.78 Å². The van der Waals surface area contributed by atoms with Gasteiger partial charge in [0, 0.05) is 0 Å². The molecule has 0 amide bonds. The fourth-order valence-electron chi connectivity index (χ4n) is 8.47. The van der Waals surface area contributed by atoms with Gasteiger partial charge in [0.2, 0.25) is 0 Å². The second kappa shape index (κ2) is 5.76. The number of Topliss-reactive ketones (excluding diaryl/α,β-unsaturated/α-hetero) is 1. The van der Waals surface area contributed by atoms with Gasteiger partial charge in [-0.05, 0) is 80.5 Å². The van der Waals surface area contributed by atoms with E-state index in [9.17, 15) is 25.2 Å². The third-order valence-corrected chi connectivity index (χ3v) is 9.63. The van der Waals surface area contributed by atoms with Crippen molar-refractivity contribution in [3.63, 3.8) is 0 Å². The molecule has 6 heteroatoms. The molecule has 4 saturated carbocycles. The lowest BCUT2D eigenvalue weighted by molar-refractivity contribution is -0.201. The summed E-state index contributed by atoms with van der Waals surface area (Å²) in [5.41, 5.74) is -2.59.